The van der Waals surface area contributed by atoms with Crippen LogP contribution in [0.15, 0.2) is 18.2 Å². The SMILES string of the molecule is Cc1cccc(C)c1COC1CC(N)C1. The summed E-state index contributed by atoms with van der Waals surface area (Å²) >= 11 is 0. The van der Waals surface area contributed by atoms with Crippen LogP contribution in [0.25, 0.3) is 0 Å². The lowest BCUT2D eigenvalue weighted by molar-refractivity contribution is -0.0192. The zero-order valence-electron chi connectivity index (χ0n) is 9.49. The number of nitrogens with two attached hydrogens (primary N) is 1. The third-order valence-electron chi connectivity index (χ3n) is 3.24. The maximum Gasteiger partial charge on any atom is 0.0725 e. The molecule has 2 N–H and O–H groups in total. The highest BCUT2D eigenvalue weighted by Crippen LogP contribution is 2.24. The summed E-state index contributed by atoms with van der Waals surface area (Å²) in [5.41, 5.74) is 9.69. The fourth-order valence-electron chi connectivity index (χ4n) is 2.02. The number of ether oxygens (including phenoxy) is 1. The molecular weight excluding hydrogens is 186 g/mol. The second-order valence-electron chi connectivity index (χ2n) is 4.53. The highest BCUT2D eigenvalue weighted by atomic mass is 16.5. The van der Waals surface area contributed by atoms with Crippen molar-refractivity contribution in [3.8, 4) is 0 Å². The lowest BCUT2D eigenvalue weighted by Gasteiger charge is -2.32. The van der Waals surface area contributed by atoms with Crippen molar-refractivity contribution in [1.82, 2.24) is 0 Å². The molecule has 0 unspecified atom stereocenters. The van der Waals surface area contributed by atoms with Gasteiger partial charge >= 0.3 is 0 Å². The number of hydrogen-bond donors (Lipinski definition) is 1. The first-order chi connectivity index (χ1) is 7.16. The van der Waals surface area contributed by atoms with Crippen LogP contribution in [0, 0.1) is 13.8 Å². The molecule has 1 aliphatic rings. The Kier molecular flexibility index (Phi) is 3.08. The van der Waals surface area contributed by atoms with E-state index in [0.29, 0.717) is 12.1 Å². The second kappa shape index (κ2) is 4.33. The van der Waals surface area contributed by atoms with Crippen molar-refractivity contribution in [2.75, 3.05) is 0 Å². The van der Waals surface area contributed by atoms with Crippen LogP contribution in [0.2, 0.25) is 0 Å². The minimum absolute atomic E-state index is 0.368. The molecule has 0 spiro atoms. The van der Waals surface area contributed by atoms with Gasteiger partial charge in [0, 0.05) is 6.04 Å². The predicted octanol–water partition coefficient (Wildman–Crippen LogP) is 2.31. The van der Waals surface area contributed by atoms with Crippen molar-refractivity contribution in [2.24, 2.45) is 5.73 Å². The van der Waals surface area contributed by atoms with E-state index < -0.39 is 0 Å². The summed E-state index contributed by atoms with van der Waals surface area (Å²) in [6.07, 6.45) is 2.43. The van der Waals surface area contributed by atoms with Crippen molar-refractivity contribution in [1.29, 1.82) is 0 Å². The Labute approximate surface area is 91.4 Å². The Morgan fingerprint density at radius 2 is 1.87 bits per heavy atom. The lowest BCUT2D eigenvalue weighted by atomic mass is 9.90. The topological polar surface area (TPSA) is 35.2 Å². The molecule has 1 aliphatic carbocycles. The largest absolute Gasteiger partial charge is 0.373 e. The van der Waals surface area contributed by atoms with Gasteiger partial charge in [0.15, 0.2) is 0 Å². The van der Waals surface area contributed by atoms with Gasteiger partial charge in [-0.2, -0.15) is 0 Å². The van der Waals surface area contributed by atoms with Gasteiger partial charge in [-0.25, -0.2) is 0 Å². The Morgan fingerprint density at radius 3 is 2.40 bits per heavy atom. The molecule has 0 atom stereocenters. The van der Waals surface area contributed by atoms with Crippen molar-refractivity contribution in [3.05, 3.63) is 34.9 Å². The Bertz CT molecular complexity index is 322. The van der Waals surface area contributed by atoms with Crippen LogP contribution in [0.4, 0.5) is 0 Å². The van der Waals surface area contributed by atoms with Crippen molar-refractivity contribution in [2.45, 2.75) is 45.4 Å². The van der Waals surface area contributed by atoms with Crippen molar-refractivity contribution in [3.63, 3.8) is 0 Å². The van der Waals surface area contributed by atoms with E-state index in [9.17, 15) is 0 Å². The van der Waals surface area contributed by atoms with Crippen molar-refractivity contribution < 1.29 is 4.74 Å². The summed E-state index contributed by atoms with van der Waals surface area (Å²) < 4.78 is 5.82. The number of aryl methyl sites for hydroxylation is 2. The second-order valence-corrected chi connectivity index (χ2v) is 4.53. The molecule has 0 radical (unpaired) electrons. The molecule has 0 heterocycles. The first kappa shape index (κ1) is 10.7. The minimum Gasteiger partial charge on any atom is -0.373 e. The predicted molar refractivity (Wildman–Crippen MR) is 61.7 cm³/mol. The van der Waals surface area contributed by atoms with Gasteiger partial charge in [0.25, 0.3) is 0 Å². The zero-order valence-corrected chi connectivity index (χ0v) is 9.49. The first-order valence-corrected chi connectivity index (χ1v) is 5.59. The summed E-state index contributed by atoms with van der Waals surface area (Å²) in [6, 6.07) is 6.73. The van der Waals surface area contributed by atoms with Crippen LogP contribution in [-0.2, 0) is 11.3 Å². The standard InChI is InChI=1S/C13H19NO/c1-9-4-3-5-10(2)13(9)8-15-12-6-11(14)7-12/h3-5,11-12H,6-8,14H2,1-2H3. The monoisotopic (exact) mass is 205 g/mol. The molecule has 0 saturated heterocycles. The van der Waals surface area contributed by atoms with Crippen LogP contribution >= 0.6 is 0 Å². The van der Waals surface area contributed by atoms with Crippen LogP contribution in [0.5, 0.6) is 0 Å². The highest BCUT2D eigenvalue weighted by molar-refractivity contribution is 5.32. The van der Waals surface area contributed by atoms with Gasteiger partial charge in [0.2, 0.25) is 0 Å². The Balaban J connectivity index is 1.93. The third kappa shape index (κ3) is 2.39. The van der Waals surface area contributed by atoms with E-state index in [-0.39, 0.29) is 0 Å². The molecule has 0 amide bonds. The van der Waals surface area contributed by atoms with Crippen molar-refractivity contribution >= 4 is 0 Å². The van der Waals surface area contributed by atoms with E-state index in [2.05, 4.69) is 32.0 Å². The van der Waals surface area contributed by atoms with Gasteiger partial charge in [-0.15, -0.1) is 0 Å². The molecule has 0 aliphatic heterocycles. The fraction of sp³-hybridized carbons (Fsp3) is 0.538. The number of benzene rings is 1. The molecule has 15 heavy (non-hydrogen) atoms. The van der Waals surface area contributed by atoms with Gasteiger partial charge < -0.3 is 10.5 Å². The first-order valence-electron chi connectivity index (χ1n) is 5.59. The summed E-state index contributed by atoms with van der Waals surface area (Å²) in [7, 11) is 0. The fourth-order valence-corrected chi connectivity index (χ4v) is 2.02. The molecule has 2 heteroatoms. The minimum atomic E-state index is 0.368. The van der Waals surface area contributed by atoms with Crippen LogP contribution in [-0.4, -0.2) is 12.1 Å². The number of hydrogen-bond acceptors (Lipinski definition) is 2. The molecule has 1 aromatic rings. The van der Waals surface area contributed by atoms with Gasteiger partial charge in [-0.3, -0.25) is 0 Å². The van der Waals surface area contributed by atoms with Crippen LogP contribution < -0.4 is 5.73 Å². The van der Waals surface area contributed by atoms with Crippen LogP contribution in [0.3, 0.4) is 0 Å². The molecule has 1 fully saturated rings. The third-order valence-corrected chi connectivity index (χ3v) is 3.24. The molecule has 0 aromatic heterocycles. The quantitative estimate of drug-likeness (QED) is 0.821. The summed E-state index contributed by atoms with van der Waals surface area (Å²) in [5, 5.41) is 0. The molecule has 1 aromatic carbocycles. The zero-order chi connectivity index (χ0) is 10.8. The summed E-state index contributed by atoms with van der Waals surface area (Å²) in [5.74, 6) is 0. The molecular formula is C13H19NO. The summed E-state index contributed by atoms with van der Waals surface area (Å²) in [4.78, 5) is 0. The Hall–Kier alpha value is -0.860. The van der Waals surface area contributed by atoms with Crippen LogP contribution in [0.1, 0.15) is 29.5 Å². The molecule has 82 valence electrons. The maximum absolute atomic E-state index is 5.82. The van der Waals surface area contributed by atoms with E-state index in [1.807, 2.05) is 0 Å². The van der Waals surface area contributed by atoms with E-state index in [0.717, 1.165) is 19.4 Å². The average Bonchev–Trinajstić information content (AvgIpc) is 2.14. The van der Waals surface area contributed by atoms with E-state index >= 15 is 0 Å². The molecule has 0 bridgehead atoms. The Morgan fingerprint density at radius 1 is 1.27 bits per heavy atom. The highest BCUT2D eigenvalue weighted by Gasteiger charge is 2.26. The van der Waals surface area contributed by atoms with Gasteiger partial charge in [-0.05, 0) is 43.4 Å². The molecule has 1 saturated carbocycles. The smallest absolute Gasteiger partial charge is 0.0725 e. The lowest BCUT2D eigenvalue weighted by Crippen LogP contribution is -2.41. The maximum atomic E-state index is 5.82. The normalized spacial score (nSPS) is 25.0. The van der Waals surface area contributed by atoms with Gasteiger partial charge in [0.05, 0.1) is 12.7 Å². The average molecular weight is 205 g/mol. The number of rotatable bonds is 3. The van der Waals surface area contributed by atoms with Gasteiger partial charge in [0.1, 0.15) is 0 Å². The van der Waals surface area contributed by atoms with Gasteiger partial charge in [-0.1, -0.05) is 18.2 Å². The molecule has 2 nitrogen and oxygen atoms in total. The van der Waals surface area contributed by atoms with E-state index in [1.54, 1.807) is 0 Å². The van der Waals surface area contributed by atoms with E-state index in [4.69, 9.17) is 10.5 Å². The summed E-state index contributed by atoms with van der Waals surface area (Å²) in [6.45, 7) is 5.01. The van der Waals surface area contributed by atoms with E-state index in [1.165, 1.54) is 16.7 Å². The molecule has 2 rings (SSSR count).